The first-order valence-electron chi connectivity index (χ1n) is 11.3. The molecule has 4 rings (SSSR count). The first-order valence-corrected chi connectivity index (χ1v) is 12.8. The zero-order valence-corrected chi connectivity index (χ0v) is 19.3. The number of hydrogen-bond acceptors (Lipinski definition) is 9. The highest BCUT2D eigenvalue weighted by molar-refractivity contribution is 7.93. The second kappa shape index (κ2) is 9.75. The molecule has 0 radical (unpaired) electrons. The summed E-state index contributed by atoms with van der Waals surface area (Å²) in [6.45, 7) is 1.40. The molecule has 0 unspecified atom stereocenters. The number of carbonyl (C=O) groups excluding carboxylic acids is 1. The Morgan fingerprint density at radius 3 is 2.70 bits per heavy atom. The summed E-state index contributed by atoms with van der Waals surface area (Å²) >= 11 is 0. The molecule has 2 heterocycles. The number of sulfone groups is 1. The molecule has 2 atom stereocenters. The number of amides is 1. The summed E-state index contributed by atoms with van der Waals surface area (Å²) in [6.07, 6.45) is 1.73. The highest BCUT2D eigenvalue weighted by Gasteiger charge is 2.54. The van der Waals surface area contributed by atoms with Crippen molar-refractivity contribution in [1.82, 2.24) is 10.6 Å². The molecule has 1 amide bonds. The lowest BCUT2D eigenvalue weighted by molar-refractivity contribution is -0.0194. The van der Waals surface area contributed by atoms with Crippen LogP contribution >= 0.6 is 0 Å². The maximum atomic E-state index is 12.7. The van der Waals surface area contributed by atoms with Crippen LogP contribution in [0, 0.1) is 0 Å². The van der Waals surface area contributed by atoms with Crippen LogP contribution < -0.4 is 15.4 Å². The molecule has 0 bridgehead atoms. The van der Waals surface area contributed by atoms with E-state index in [1.807, 2.05) is 0 Å². The molecule has 4 N–H and O–H groups in total. The van der Waals surface area contributed by atoms with Crippen LogP contribution in [-0.4, -0.2) is 86.7 Å². The Balaban J connectivity index is 1.20. The second-order valence-corrected chi connectivity index (χ2v) is 11.5. The zero-order valence-electron chi connectivity index (χ0n) is 18.5. The summed E-state index contributed by atoms with van der Waals surface area (Å²) in [5, 5.41) is 25.7. The smallest absolute Gasteiger partial charge is 0.407 e. The van der Waals surface area contributed by atoms with Crippen molar-refractivity contribution in [2.24, 2.45) is 0 Å². The first-order chi connectivity index (χ1) is 15.8. The van der Waals surface area contributed by atoms with Gasteiger partial charge in [0.15, 0.2) is 9.84 Å². The average molecular weight is 485 g/mol. The molecule has 1 saturated carbocycles. The van der Waals surface area contributed by atoms with Gasteiger partial charge in [0.25, 0.3) is 0 Å². The lowest BCUT2D eigenvalue weighted by atomic mass is 9.88. The van der Waals surface area contributed by atoms with Crippen LogP contribution in [0.5, 0.6) is 5.75 Å². The highest BCUT2D eigenvalue weighted by atomic mass is 32.2. The number of alkyl carbamates (subject to hydrolysis) is 1. The van der Waals surface area contributed by atoms with Crippen LogP contribution in [0.15, 0.2) is 29.2 Å². The van der Waals surface area contributed by atoms with Gasteiger partial charge in [-0.15, -0.1) is 0 Å². The molecule has 10 nitrogen and oxygen atoms in total. The fraction of sp³-hybridized carbons (Fsp3) is 0.682. The number of hydrogen-bond donors (Lipinski definition) is 4. The van der Waals surface area contributed by atoms with Crippen molar-refractivity contribution >= 4 is 15.9 Å². The van der Waals surface area contributed by atoms with E-state index in [4.69, 9.17) is 14.2 Å². The quantitative estimate of drug-likeness (QED) is 0.391. The van der Waals surface area contributed by atoms with Crippen LogP contribution in [0.3, 0.4) is 0 Å². The van der Waals surface area contributed by atoms with Gasteiger partial charge in [0, 0.05) is 0 Å². The van der Waals surface area contributed by atoms with Gasteiger partial charge in [-0.3, -0.25) is 0 Å². The van der Waals surface area contributed by atoms with Crippen LogP contribution in [-0.2, 0) is 19.3 Å². The van der Waals surface area contributed by atoms with Crippen molar-refractivity contribution in [1.29, 1.82) is 0 Å². The summed E-state index contributed by atoms with van der Waals surface area (Å²) in [6, 6.07) is 5.84. The third kappa shape index (κ3) is 5.43. The number of aliphatic hydroxyl groups excluding tert-OH is 2. The Morgan fingerprint density at radius 1 is 1.24 bits per heavy atom. The molecule has 184 valence electrons. The molecular formula is C22H32N2O8S. The van der Waals surface area contributed by atoms with E-state index in [0.717, 1.165) is 32.4 Å². The fourth-order valence-corrected chi connectivity index (χ4v) is 6.26. The lowest BCUT2D eigenvalue weighted by Crippen LogP contribution is -2.43. The number of rotatable bonds is 9. The van der Waals surface area contributed by atoms with Gasteiger partial charge in [-0.1, -0.05) is 6.07 Å². The summed E-state index contributed by atoms with van der Waals surface area (Å²) in [5.74, 6) is 0.267. The summed E-state index contributed by atoms with van der Waals surface area (Å²) in [7, 11) is -3.67. The van der Waals surface area contributed by atoms with Crippen molar-refractivity contribution < 1.29 is 37.6 Å². The molecule has 3 aliphatic rings. The van der Waals surface area contributed by atoms with Crippen LogP contribution in [0.4, 0.5) is 4.79 Å². The average Bonchev–Trinajstić information content (AvgIpc) is 3.55. The third-order valence-corrected chi connectivity index (χ3v) is 9.23. The van der Waals surface area contributed by atoms with Crippen molar-refractivity contribution in [2.75, 3.05) is 39.5 Å². The zero-order chi connectivity index (χ0) is 23.5. The van der Waals surface area contributed by atoms with E-state index in [1.165, 1.54) is 12.1 Å². The molecule has 1 spiro atoms. The van der Waals surface area contributed by atoms with E-state index in [-0.39, 0.29) is 35.5 Å². The predicted molar refractivity (Wildman–Crippen MR) is 118 cm³/mol. The van der Waals surface area contributed by atoms with Crippen molar-refractivity contribution in [3.05, 3.63) is 24.3 Å². The molecule has 1 aliphatic carbocycles. The summed E-state index contributed by atoms with van der Waals surface area (Å²) in [5.41, 5.74) is -0.172. The topological polar surface area (TPSA) is 143 Å². The molecule has 2 aliphatic heterocycles. The van der Waals surface area contributed by atoms with Gasteiger partial charge >= 0.3 is 6.09 Å². The third-order valence-electron chi connectivity index (χ3n) is 6.68. The minimum Gasteiger partial charge on any atom is -0.491 e. The molecule has 2 saturated heterocycles. The van der Waals surface area contributed by atoms with Gasteiger partial charge in [0.1, 0.15) is 25.1 Å². The number of piperidine rings is 1. The lowest BCUT2D eigenvalue weighted by Gasteiger charge is -2.32. The Bertz CT molecular complexity index is 943. The monoisotopic (exact) mass is 484 g/mol. The minimum atomic E-state index is -3.67. The standard InChI is InChI=1S/C22H32N2O8S/c25-15-22(4-5-22)33(28,29)19-3-1-2-18(10-19)30-13-17(26)14-31-20(27)24-16-11-21(32-12-16)6-8-23-9-7-21/h1-3,10,16-17,23,25-26H,4-9,11-15H2,(H,24,27)/t16-,17-/m0/s1. The fourth-order valence-electron chi connectivity index (χ4n) is 4.42. The van der Waals surface area contributed by atoms with Gasteiger partial charge in [-0.2, -0.15) is 0 Å². The van der Waals surface area contributed by atoms with E-state index in [9.17, 15) is 23.4 Å². The molecule has 3 fully saturated rings. The van der Waals surface area contributed by atoms with E-state index < -0.39 is 33.4 Å². The Kier molecular flexibility index (Phi) is 7.15. The van der Waals surface area contributed by atoms with Crippen molar-refractivity contribution in [3.8, 4) is 5.75 Å². The largest absolute Gasteiger partial charge is 0.491 e. The Hall–Kier alpha value is -1.92. The van der Waals surface area contributed by atoms with Gasteiger partial charge in [0.2, 0.25) is 0 Å². The predicted octanol–water partition coefficient (Wildman–Crippen LogP) is 0.362. The summed E-state index contributed by atoms with van der Waals surface area (Å²) < 4.78 is 40.9. The molecular weight excluding hydrogens is 452 g/mol. The SMILES string of the molecule is O=C(N[C@@H]1COC2(CCNCC2)C1)OC[C@@H](O)COc1cccc(S(=O)(=O)C2(CO)CC2)c1. The normalized spacial score (nSPS) is 24.2. The molecule has 1 aromatic carbocycles. The minimum absolute atomic E-state index is 0.0713. The first kappa shape index (κ1) is 24.2. The van der Waals surface area contributed by atoms with Crippen LogP contribution in [0.2, 0.25) is 0 Å². The molecule has 0 aromatic heterocycles. The molecule has 1 aromatic rings. The Morgan fingerprint density at radius 2 is 2.00 bits per heavy atom. The maximum Gasteiger partial charge on any atom is 0.407 e. The van der Waals surface area contributed by atoms with Gasteiger partial charge < -0.3 is 35.1 Å². The Labute approximate surface area is 193 Å². The van der Waals surface area contributed by atoms with E-state index >= 15 is 0 Å². The molecule has 11 heteroatoms. The van der Waals surface area contributed by atoms with Crippen molar-refractivity contribution in [2.45, 2.75) is 59.5 Å². The van der Waals surface area contributed by atoms with Gasteiger partial charge in [0.05, 0.1) is 34.5 Å². The van der Waals surface area contributed by atoms with E-state index in [0.29, 0.717) is 19.4 Å². The summed E-state index contributed by atoms with van der Waals surface area (Å²) in [4.78, 5) is 12.2. The molecule has 33 heavy (non-hydrogen) atoms. The van der Waals surface area contributed by atoms with Crippen LogP contribution in [0.1, 0.15) is 32.1 Å². The van der Waals surface area contributed by atoms with Crippen LogP contribution in [0.25, 0.3) is 0 Å². The second-order valence-electron chi connectivity index (χ2n) is 9.17. The number of carbonyl (C=O) groups is 1. The highest BCUT2D eigenvalue weighted by Crippen LogP contribution is 2.46. The maximum absolute atomic E-state index is 12.7. The number of aliphatic hydroxyl groups is 2. The number of nitrogens with one attached hydrogen (secondary N) is 2. The van der Waals surface area contributed by atoms with E-state index in [2.05, 4.69) is 10.6 Å². The number of benzene rings is 1. The van der Waals surface area contributed by atoms with Crippen molar-refractivity contribution in [3.63, 3.8) is 0 Å². The number of ether oxygens (including phenoxy) is 3. The van der Waals surface area contributed by atoms with Gasteiger partial charge in [-0.05, 0) is 63.4 Å². The van der Waals surface area contributed by atoms with Gasteiger partial charge in [-0.25, -0.2) is 13.2 Å². The van der Waals surface area contributed by atoms with E-state index in [1.54, 1.807) is 12.1 Å².